The highest BCUT2D eigenvalue weighted by Crippen LogP contribution is 2.19. The van der Waals surface area contributed by atoms with Crippen molar-refractivity contribution in [1.29, 1.82) is 0 Å². The monoisotopic (exact) mass is 504 g/mol. The molecule has 0 aliphatic rings. The Balaban J connectivity index is 1.65. The maximum absolute atomic E-state index is 13.2. The van der Waals surface area contributed by atoms with E-state index < -0.39 is 41.9 Å². The summed E-state index contributed by atoms with van der Waals surface area (Å²) in [6, 6.07) is 4.17. The first-order chi connectivity index (χ1) is 17.6. The molecule has 0 unspecified atom stereocenters. The van der Waals surface area contributed by atoms with E-state index in [1.165, 1.54) is 24.9 Å². The van der Waals surface area contributed by atoms with Crippen molar-refractivity contribution in [2.45, 2.75) is 39.8 Å². The zero-order valence-corrected chi connectivity index (χ0v) is 20.6. The van der Waals surface area contributed by atoms with E-state index >= 15 is 0 Å². The minimum absolute atomic E-state index is 0.0288. The van der Waals surface area contributed by atoms with Crippen LogP contribution in [0.5, 0.6) is 0 Å². The molecule has 0 fully saturated rings. The van der Waals surface area contributed by atoms with Gasteiger partial charge in [-0.15, -0.1) is 0 Å². The minimum Gasteiger partial charge on any atom is -0.312 e. The molecule has 0 saturated carbocycles. The second-order valence-electron chi connectivity index (χ2n) is 8.57. The number of carbonyl (C=O) groups is 3. The second kappa shape index (κ2) is 10.0. The van der Waals surface area contributed by atoms with Crippen molar-refractivity contribution in [2.24, 2.45) is 7.05 Å². The van der Waals surface area contributed by atoms with Gasteiger partial charge in [0.25, 0.3) is 5.56 Å². The number of hydrogen-bond acceptors (Lipinski definition) is 9. The summed E-state index contributed by atoms with van der Waals surface area (Å²) in [5.74, 6) is -0.545. The number of aryl methyl sites for hydroxylation is 2. The zero-order chi connectivity index (χ0) is 26.9. The molecule has 0 aliphatic heterocycles. The standard InChI is InChI=1S/C24H24N8O5/c1-13(33)8-17(34)11-31-23(36)20-21(30(4)24(31)37)27-12-32(20)14(2)22(35)29-19-7-5-6-18(28-19)16-9-25-15(3)26-10-16/h5-7,9-10,12,14H,8,11H2,1-4H3,(H,28,29,35)/t14-/m0/s1. The topological polar surface area (TPSA) is 164 Å². The molecular formula is C24H24N8O5. The van der Waals surface area contributed by atoms with Crippen molar-refractivity contribution in [3.63, 3.8) is 0 Å². The summed E-state index contributed by atoms with van der Waals surface area (Å²) in [7, 11) is 1.41. The molecule has 1 N–H and O–H groups in total. The fraction of sp³-hybridized carbons (Fsp3) is 0.292. The van der Waals surface area contributed by atoms with E-state index in [1.807, 2.05) is 0 Å². The second-order valence-corrected chi connectivity index (χ2v) is 8.57. The Labute approximate surface area is 209 Å². The van der Waals surface area contributed by atoms with Gasteiger partial charge in [-0.3, -0.25) is 28.3 Å². The van der Waals surface area contributed by atoms with E-state index in [2.05, 4.69) is 25.3 Å². The number of anilines is 1. The Bertz CT molecular complexity index is 1650. The van der Waals surface area contributed by atoms with E-state index in [1.54, 1.807) is 44.4 Å². The highest BCUT2D eigenvalue weighted by molar-refractivity contribution is 5.98. The maximum atomic E-state index is 13.2. The van der Waals surface area contributed by atoms with Gasteiger partial charge in [-0.1, -0.05) is 6.07 Å². The minimum atomic E-state index is -0.926. The van der Waals surface area contributed by atoms with Crippen molar-refractivity contribution in [1.82, 2.24) is 33.6 Å². The molecule has 13 nitrogen and oxygen atoms in total. The summed E-state index contributed by atoms with van der Waals surface area (Å²) in [5.41, 5.74) is -0.268. The van der Waals surface area contributed by atoms with Gasteiger partial charge in [0.2, 0.25) is 5.91 Å². The van der Waals surface area contributed by atoms with Crippen LogP contribution >= 0.6 is 0 Å². The lowest BCUT2D eigenvalue weighted by Crippen LogP contribution is -2.42. The Morgan fingerprint density at radius 1 is 1.08 bits per heavy atom. The van der Waals surface area contributed by atoms with Crippen LogP contribution in [0.25, 0.3) is 22.4 Å². The quantitative estimate of drug-likeness (QED) is 0.342. The molecule has 1 atom stereocenters. The Kier molecular flexibility index (Phi) is 6.87. The first-order valence-corrected chi connectivity index (χ1v) is 11.3. The first kappa shape index (κ1) is 25.3. The van der Waals surface area contributed by atoms with Gasteiger partial charge >= 0.3 is 5.69 Å². The number of imidazole rings is 1. The number of nitrogens with one attached hydrogen (secondary N) is 1. The summed E-state index contributed by atoms with van der Waals surface area (Å²) in [6.07, 6.45) is 4.15. The Morgan fingerprint density at radius 3 is 2.46 bits per heavy atom. The predicted octanol–water partition coefficient (Wildman–Crippen LogP) is 0.805. The van der Waals surface area contributed by atoms with Crippen molar-refractivity contribution in [2.75, 3.05) is 5.32 Å². The fourth-order valence-corrected chi connectivity index (χ4v) is 3.78. The number of carbonyl (C=O) groups excluding carboxylic acids is 3. The molecule has 4 heterocycles. The summed E-state index contributed by atoms with van der Waals surface area (Å²) in [6.45, 7) is 4.01. The molecule has 1 amide bonds. The molecule has 4 aromatic rings. The number of Topliss-reactive ketones (excluding diaryl/α,β-unsaturated/α-hetero) is 2. The SMILES string of the molecule is CC(=O)CC(=O)Cn1c(=O)c2c(ncn2[C@@H](C)C(=O)Nc2cccc(-c3cnc(C)nc3)n2)n(C)c1=O. The van der Waals surface area contributed by atoms with Gasteiger partial charge in [0.15, 0.2) is 16.9 Å². The molecule has 0 spiro atoms. The van der Waals surface area contributed by atoms with Gasteiger partial charge in [-0.2, -0.15) is 0 Å². The third-order valence-electron chi connectivity index (χ3n) is 5.71. The average molecular weight is 505 g/mol. The summed E-state index contributed by atoms with van der Waals surface area (Å²) < 4.78 is 3.19. The number of hydrogen-bond donors (Lipinski definition) is 1. The number of pyridine rings is 1. The number of rotatable bonds is 8. The smallest absolute Gasteiger partial charge is 0.312 e. The summed E-state index contributed by atoms with van der Waals surface area (Å²) >= 11 is 0. The van der Waals surface area contributed by atoms with Gasteiger partial charge in [-0.05, 0) is 32.9 Å². The van der Waals surface area contributed by atoms with Gasteiger partial charge in [0, 0.05) is 25.0 Å². The van der Waals surface area contributed by atoms with Crippen LogP contribution in [0.15, 0.2) is 46.5 Å². The molecule has 0 aliphatic carbocycles. The molecular weight excluding hydrogens is 480 g/mol. The van der Waals surface area contributed by atoms with E-state index in [-0.39, 0.29) is 22.8 Å². The van der Waals surface area contributed by atoms with Crippen molar-refractivity contribution in [3.8, 4) is 11.3 Å². The number of amides is 1. The third-order valence-corrected chi connectivity index (χ3v) is 5.71. The van der Waals surface area contributed by atoms with Crippen molar-refractivity contribution < 1.29 is 14.4 Å². The lowest BCUT2D eigenvalue weighted by molar-refractivity contribution is -0.126. The van der Waals surface area contributed by atoms with Crippen molar-refractivity contribution >= 4 is 34.5 Å². The van der Waals surface area contributed by atoms with E-state index in [0.717, 1.165) is 9.13 Å². The molecule has 190 valence electrons. The van der Waals surface area contributed by atoms with Crippen LogP contribution in [0.3, 0.4) is 0 Å². The van der Waals surface area contributed by atoms with Crippen LogP contribution < -0.4 is 16.6 Å². The van der Waals surface area contributed by atoms with Crippen LogP contribution in [0.4, 0.5) is 5.82 Å². The Morgan fingerprint density at radius 2 is 1.78 bits per heavy atom. The average Bonchev–Trinajstić information content (AvgIpc) is 3.30. The fourth-order valence-electron chi connectivity index (χ4n) is 3.78. The highest BCUT2D eigenvalue weighted by atomic mass is 16.2. The van der Waals surface area contributed by atoms with Gasteiger partial charge in [0.05, 0.1) is 25.0 Å². The highest BCUT2D eigenvalue weighted by Gasteiger charge is 2.24. The largest absolute Gasteiger partial charge is 0.332 e. The van der Waals surface area contributed by atoms with Crippen molar-refractivity contribution in [3.05, 3.63) is 63.6 Å². The molecule has 0 aromatic carbocycles. The predicted molar refractivity (Wildman–Crippen MR) is 133 cm³/mol. The van der Waals surface area contributed by atoms with Crippen LogP contribution in [0, 0.1) is 6.92 Å². The first-order valence-electron chi connectivity index (χ1n) is 11.3. The molecule has 0 bridgehead atoms. The molecule has 0 saturated heterocycles. The Hall–Kier alpha value is -4.81. The number of ketones is 2. The molecule has 4 aromatic heterocycles. The zero-order valence-electron chi connectivity index (χ0n) is 20.6. The lowest BCUT2D eigenvalue weighted by atomic mass is 10.2. The lowest BCUT2D eigenvalue weighted by Gasteiger charge is -2.15. The summed E-state index contributed by atoms with van der Waals surface area (Å²) in [4.78, 5) is 79.3. The number of aromatic nitrogens is 7. The van der Waals surface area contributed by atoms with Gasteiger partial charge in [0.1, 0.15) is 23.5 Å². The molecule has 4 rings (SSSR count). The van der Waals surface area contributed by atoms with Crippen LogP contribution in [0.2, 0.25) is 0 Å². The van der Waals surface area contributed by atoms with Gasteiger partial charge in [-0.25, -0.2) is 24.7 Å². The van der Waals surface area contributed by atoms with E-state index in [0.29, 0.717) is 17.1 Å². The third kappa shape index (κ3) is 5.10. The van der Waals surface area contributed by atoms with E-state index in [4.69, 9.17) is 0 Å². The molecule has 0 radical (unpaired) electrons. The van der Waals surface area contributed by atoms with Crippen LogP contribution in [-0.4, -0.2) is 51.1 Å². The summed E-state index contributed by atoms with van der Waals surface area (Å²) in [5, 5.41) is 2.72. The number of nitrogens with zero attached hydrogens (tertiary/aromatic N) is 7. The van der Waals surface area contributed by atoms with Gasteiger partial charge < -0.3 is 9.88 Å². The van der Waals surface area contributed by atoms with E-state index in [9.17, 15) is 24.0 Å². The molecule has 37 heavy (non-hydrogen) atoms. The molecule has 13 heteroatoms. The van der Waals surface area contributed by atoms with Crippen LogP contribution in [0.1, 0.15) is 32.1 Å². The number of fused-ring (bicyclic) bond motifs is 1. The maximum Gasteiger partial charge on any atom is 0.332 e. The normalized spacial score (nSPS) is 11.9. The van der Waals surface area contributed by atoms with Crippen LogP contribution in [-0.2, 0) is 28.0 Å².